The van der Waals surface area contributed by atoms with Gasteiger partial charge in [0.15, 0.2) is 56.6 Å². The van der Waals surface area contributed by atoms with Gasteiger partial charge in [-0.1, -0.05) is 0 Å². The van der Waals surface area contributed by atoms with Crippen LogP contribution in [-0.2, 0) is 109 Å². The third-order valence-corrected chi connectivity index (χ3v) is 21.1. The van der Waals surface area contributed by atoms with Gasteiger partial charge >= 0.3 is 0 Å². The van der Waals surface area contributed by atoms with Crippen LogP contribution >= 0.6 is 0 Å². The molecule has 52 nitrogen and oxygen atoms in total. The lowest BCUT2D eigenvalue weighted by atomic mass is 9.93. The van der Waals surface area contributed by atoms with Gasteiger partial charge in [-0.15, -0.1) is 0 Å². The largest absolute Gasteiger partial charge is 0.394 e. The minimum Gasteiger partial charge on any atom is -0.394 e. The zero-order valence-corrected chi connectivity index (χ0v) is 64.0. The number of carbonyl (C=O) groups is 6. The van der Waals surface area contributed by atoms with E-state index in [2.05, 4.69) is 31.9 Å². The van der Waals surface area contributed by atoms with Crippen LogP contribution in [0.1, 0.15) is 41.5 Å². The van der Waals surface area contributed by atoms with Crippen molar-refractivity contribution >= 4 is 35.4 Å². The Bertz CT molecular complexity index is 3230. The summed E-state index contributed by atoms with van der Waals surface area (Å²) >= 11 is 0. The molecule has 9 rings (SSSR count). The van der Waals surface area contributed by atoms with E-state index in [1.165, 1.54) is 0 Å². The van der Waals surface area contributed by atoms with Gasteiger partial charge in [-0.25, -0.2) is 0 Å². The van der Waals surface area contributed by atoms with Gasteiger partial charge in [0, 0.05) is 41.5 Å². The molecule has 0 aliphatic carbocycles. The van der Waals surface area contributed by atoms with Gasteiger partial charge in [-0.2, -0.15) is 0 Å². The second kappa shape index (κ2) is 42.7. The van der Waals surface area contributed by atoms with Gasteiger partial charge in [0.25, 0.3) is 0 Å². The molecule has 0 spiro atoms. The third kappa shape index (κ3) is 22.1. The van der Waals surface area contributed by atoms with Gasteiger partial charge < -0.3 is 230 Å². The summed E-state index contributed by atoms with van der Waals surface area (Å²) in [6.45, 7) is -4.46. The summed E-state index contributed by atoms with van der Waals surface area (Å²) in [6.07, 6.45) is -84.0. The highest BCUT2D eigenvalue weighted by atomic mass is 16.8. The van der Waals surface area contributed by atoms with E-state index in [4.69, 9.17) is 80.5 Å². The summed E-state index contributed by atoms with van der Waals surface area (Å²) in [5, 5.41) is 274. The number of aliphatic hydroxyl groups is 23. The minimum atomic E-state index is -2.73. The average molecular weight is 1720 g/mol. The lowest BCUT2D eigenvalue weighted by molar-refractivity contribution is -0.407. The highest BCUT2D eigenvalue weighted by Crippen LogP contribution is 2.41. The lowest BCUT2D eigenvalue weighted by Gasteiger charge is -2.52. The van der Waals surface area contributed by atoms with Crippen LogP contribution in [0.4, 0.5) is 0 Å². The maximum atomic E-state index is 13.3. The van der Waals surface area contributed by atoms with E-state index in [1.54, 1.807) is 0 Å². The molecule has 45 atom stereocenters. The topological polar surface area (TPSA) is 797 Å². The first-order chi connectivity index (χ1) is 55.8. The minimum absolute atomic E-state index is 0.812. The van der Waals surface area contributed by atoms with Gasteiger partial charge in [0.2, 0.25) is 35.4 Å². The van der Waals surface area contributed by atoms with Crippen molar-refractivity contribution < 1.29 is 227 Å². The second-order valence-electron chi connectivity index (χ2n) is 29.7. The summed E-state index contributed by atoms with van der Waals surface area (Å²) in [5.74, 6) is -5.46. The van der Waals surface area contributed by atoms with Crippen LogP contribution in [-0.4, -0.2) is 488 Å². The fraction of sp³-hybridized carbons (Fsp3) is 0.909. The van der Waals surface area contributed by atoms with Crippen LogP contribution in [0.2, 0.25) is 0 Å². The number of rotatable bonds is 31. The molecular weight excluding hydrogens is 1610 g/mol. The molecule has 52 heteroatoms. The van der Waals surface area contributed by atoms with E-state index in [-0.39, 0.29) is 0 Å². The molecular formula is C66H110N6O46. The quantitative estimate of drug-likeness (QED) is 0.0306. The SMILES string of the molecule is CC(=O)N[C@@H]1[C@@H](O)[C@H](O[C@@H]2O[C@H](CO)[C@@H](O[C@@H]3O[C@H](CO[C@H]4O[C@H](CO[C@@H]5O[C@H](CO)[C@@H](O)[C@H](O)[C@H]5NC(C)=O)[C@@H](O)[C@H](O)[C@@H]4O[C@@H]4O[C@H](CO)[C@@H](O)[C@H](O)[C@H]4NC(C)=O)[C@@H](O[C@@H]4O[C@H](CO)[C@@H](O)[C@H](O)[C@H]4NC(C)=O)[C@H](O[C@H]4O[C@H](CO)[C@@H](O)[C@H](O)[C@@H]4O[C@@H]4O[C@H](CO)[C@@H](O)[C@H](O)[C@H]4NC(C)=O)[C@@H]3O)[C@@H](O)[C@H]2NC(C)=O)[C@@H](CO)O[C@H]1O. The molecule has 0 saturated carbocycles. The van der Waals surface area contributed by atoms with Gasteiger partial charge in [0.05, 0.1) is 59.5 Å². The summed E-state index contributed by atoms with van der Waals surface area (Å²) in [7, 11) is 0. The Balaban J connectivity index is 1.20. The van der Waals surface area contributed by atoms with E-state index in [1.807, 2.05) is 0 Å². The highest BCUT2D eigenvalue weighted by molar-refractivity contribution is 5.75. The molecule has 0 aromatic heterocycles. The number of hydrogen-bond acceptors (Lipinski definition) is 46. The molecule has 0 unspecified atom stereocenters. The van der Waals surface area contributed by atoms with E-state index in [9.17, 15) is 146 Å². The first-order valence-electron chi connectivity index (χ1n) is 37.6. The van der Waals surface area contributed by atoms with Crippen molar-refractivity contribution in [2.24, 2.45) is 0 Å². The molecule has 0 radical (unpaired) electrons. The zero-order chi connectivity index (χ0) is 87.1. The second-order valence-corrected chi connectivity index (χ2v) is 29.7. The fourth-order valence-corrected chi connectivity index (χ4v) is 15.2. The molecule has 9 aliphatic heterocycles. The van der Waals surface area contributed by atoms with Crippen LogP contribution < -0.4 is 31.9 Å². The number of nitrogens with one attached hydrogen (secondary N) is 6. The Hall–Kier alpha value is -4.78. The van der Waals surface area contributed by atoms with Crippen molar-refractivity contribution in [2.45, 2.75) is 318 Å². The fourth-order valence-electron chi connectivity index (χ4n) is 15.2. The summed E-state index contributed by atoms with van der Waals surface area (Å²) < 4.78 is 104. The Labute approximate surface area is 669 Å². The monoisotopic (exact) mass is 1720 g/mol. The number of ether oxygens (including phenoxy) is 17. The molecule has 29 N–H and O–H groups in total. The van der Waals surface area contributed by atoms with Gasteiger partial charge in [-0.3, -0.25) is 28.8 Å². The lowest BCUT2D eigenvalue weighted by Crippen LogP contribution is -2.71. The summed E-state index contributed by atoms with van der Waals surface area (Å²) in [4.78, 5) is 76.6. The number of carbonyl (C=O) groups excluding carboxylic acids is 6. The first-order valence-corrected chi connectivity index (χ1v) is 37.6. The van der Waals surface area contributed by atoms with Gasteiger partial charge in [0.1, 0.15) is 219 Å². The Kier molecular flexibility index (Phi) is 35.1. The molecule has 680 valence electrons. The van der Waals surface area contributed by atoms with E-state index < -0.39 is 371 Å². The molecule has 6 amide bonds. The number of hydrogen-bond donors (Lipinski definition) is 29. The zero-order valence-electron chi connectivity index (χ0n) is 64.0. The Morgan fingerprint density at radius 3 is 0.856 bits per heavy atom. The van der Waals surface area contributed by atoms with E-state index in [0.29, 0.717) is 0 Å². The predicted octanol–water partition coefficient (Wildman–Crippen LogP) is -19.8. The van der Waals surface area contributed by atoms with Crippen LogP contribution in [0.5, 0.6) is 0 Å². The molecule has 118 heavy (non-hydrogen) atoms. The maximum absolute atomic E-state index is 13.3. The van der Waals surface area contributed by atoms with Crippen LogP contribution in [0.3, 0.4) is 0 Å². The van der Waals surface area contributed by atoms with Crippen molar-refractivity contribution in [3.05, 3.63) is 0 Å². The van der Waals surface area contributed by atoms with Crippen molar-refractivity contribution in [2.75, 3.05) is 59.5 Å². The average Bonchev–Trinajstić information content (AvgIpc) is 0.759. The van der Waals surface area contributed by atoms with Crippen molar-refractivity contribution in [1.29, 1.82) is 0 Å². The standard InChI is InChI=1S/C66H110N6O46/c1-16(80)67-31-47(96)52(27(12-78)104-58(31)101)113-63-36(72-21(6)85)48(97)53(28(13-79)110-63)114-64-51(100)55(116-66-57(49(98)41(90)26(11-77)109-66)118-62-35(71-20(5)84)46(95)40(89)25(10-76)108-62)54(115-60-33(69-18(3)82)44(93)38(87)23(8-74)106-60)30(112-64)15-103-65-56(117-61-34(70-19(4)83)45(94)39(88)24(9-75)107-61)50(99)42(91)29(111-65)14-102-59-32(68-17(2)81)43(92)37(86)22(7-73)105-59/h22-66,73-79,86-101H,7-15H2,1-6H3,(H,67,80)(H,68,81)(H,69,82)(H,70,83)(H,71,84)(H,72,85)/t22-,23-,24-,25-,26-,27-,28-,29-,30-,31-,32-,33-,34-,35-,36-,37-,38-,39-,40-,41-,42-,43-,44-,45-,46-,47-,48+,49+,50+,51+,52-,53-,54-,55-,56+,57+,58-,59-,60+,61+,62+,63+,64+,65+,66-/m1/s1. The third-order valence-electron chi connectivity index (χ3n) is 21.1. The molecule has 0 bridgehead atoms. The van der Waals surface area contributed by atoms with E-state index in [0.717, 1.165) is 41.5 Å². The van der Waals surface area contributed by atoms with Crippen molar-refractivity contribution in [3.63, 3.8) is 0 Å². The molecule has 0 aromatic carbocycles. The first kappa shape index (κ1) is 97.0. The maximum Gasteiger partial charge on any atom is 0.217 e. The normalized spacial score (nSPS) is 46.9. The molecule has 9 saturated heterocycles. The smallest absolute Gasteiger partial charge is 0.217 e. The van der Waals surface area contributed by atoms with Crippen LogP contribution in [0.25, 0.3) is 0 Å². The van der Waals surface area contributed by atoms with Crippen molar-refractivity contribution in [1.82, 2.24) is 31.9 Å². The Morgan fingerprint density at radius 2 is 0.466 bits per heavy atom. The van der Waals surface area contributed by atoms with Crippen molar-refractivity contribution in [3.8, 4) is 0 Å². The van der Waals surface area contributed by atoms with Crippen LogP contribution in [0.15, 0.2) is 0 Å². The number of aliphatic hydroxyl groups excluding tert-OH is 23. The molecule has 9 fully saturated rings. The predicted molar refractivity (Wildman–Crippen MR) is 367 cm³/mol. The molecule has 9 aliphatic rings. The Morgan fingerprint density at radius 1 is 0.220 bits per heavy atom. The van der Waals surface area contributed by atoms with Gasteiger partial charge in [-0.05, 0) is 0 Å². The summed E-state index contributed by atoms with van der Waals surface area (Å²) in [6, 6.07) is -11.1. The summed E-state index contributed by atoms with van der Waals surface area (Å²) in [5.41, 5.74) is 0. The number of amides is 6. The molecule has 0 aromatic rings. The molecule has 9 heterocycles. The van der Waals surface area contributed by atoms with Crippen LogP contribution in [0, 0.1) is 0 Å². The highest BCUT2D eigenvalue weighted by Gasteiger charge is 2.62. The van der Waals surface area contributed by atoms with E-state index >= 15 is 0 Å².